The molecular weight excluding hydrogens is 384 g/mol. The quantitative estimate of drug-likeness (QED) is 0.230. The Morgan fingerprint density at radius 2 is 1.03 bits per heavy atom. The lowest BCUT2D eigenvalue weighted by Crippen LogP contribution is -2.59. The fourth-order valence-corrected chi connectivity index (χ4v) is 4.05. The minimum Gasteiger partial charge on any atom is -0.394 e. The van der Waals surface area contributed by atoms with Gasteiger partial charge in [0.05, 0.1) is 6.61 Å². The number of aliphatic hydroxyl groups is 4. The number of ether oxygens (including phenoxy) is 2. The van der Waals surface area contributed by atoms with E-state index in [1.165, 1.54) is 89.9 Å². The van der Waals surface area contributed by atoms with Gasteiger partial charge in [-0.05, 0) is 6.42 Å². The van der Waals surface area contributed by atoms with Gasteiger partial charge in [0.25, 0.3) is 0 Å². The van der Waals surface area contributed by atoms with Crippen LogP contribution in [0, 0.1) is 0 Å². The van der Waals surface area contributed by atoms with E-state index in [1.54, 1.807) is 0 Å². The average molecular weight is 433 g/mol. The van der Waals surface area contributed by atoms with Gasteiger partial charge in [-0.15, -0.1) is 0 Å². The first-order chi connectivity index (χ1) is 14.6. The predicted molar refractivity (Wildman–Crippen MR) is 119 cm³/mol. The van der Waals surface area contributed by atoms with Gasteiger partial charge < -0.3 is 29.9 Å². The van der Waals surface area contributed by atoms with Crippen molar-refractivity contribution in [3.05, 3.63) is 0 Å². The lowest BCUT2D eigenvalue weighted by Gasteiger charge is -2.39. The molecule has 0 radical (unpaired) electrons. The molecule has 0 saturated carbocycles. The Hall–Kier alpha value is -0.240. The van der Waals surface area contributed by atoms with E-state index in [9.17, 15) is 20.4 Å². The number of rotatable bonds is 19. The van der Waals surface area contributed by atoms with Gasteiger partial charge in [-0.1, -0.05) is 103 Å². The zero-order valence-corrected chi connectivity index (χ0v) is 19.2. The molecular formula is C24H48O6. The smallest absolute Gasteiger partial charge is 0.186 e. The Bertz CT molecular complexity index is 379. The van der Waals surface area contributed by atoms with Crippen LogP contribution >= 0.6 is 0 Å². The third-order valence-corrected chi connectivity index (χ3v) is 6.13. The number of hydrogen-bond donors (Lipinski definition) is 4. The first kappa shape index (κ1) is 27.8. The molecule has 5 atom stereocenters. The summed E-state index contributed by atoms with van der Waals surface area (Å²) in [6.07, 6.45) is 15.0. The lowest BCUT2D eigenvalue weighted by molar-refractivity contribution is -0.301. The van der Waals surface area contributed by atoms with Crippen LogP contribution in [-0.4, -0.2) is 64.3 Å². The van der Waals surface area contributed by atoms with Crippen LogP contribution in [0.3, 0.4) is 0 Å². The molecule has 0 aliphatic carbocycles. The highest BCUT2D eigenvalue weighted by atomic mass is 16.7. The molecule has 1 rings (SSSR count). The summed E-state index contributed by atoms with van der Waals surface area (Å²) in [5.74, 6) is 0. The Morgan fingerprint density at radius 1 is 0.600 bits per heavy atom. The van der Waals surface area contributed by atoms with Crippen LogP contribution in [0.4, 0.5) is 0 Å². The zero-order chi connectivity index (χ0) is 22.0. The molecule has 0 aromatic rings. The fourth-order valence-electron chi connectivity index (χ4n) is 4.05. The summed E-state index contributed by atoms with van der Waals surface area (Å²) in [5.41, 5.74) is 0. The summed E-state index contributed by atoms with van der Waals surface area (Å²) >= 11 is 0. The number of unbranched alkanes of at least 4 members (excludes halogenated alkanes) is 15. The molecule has 1 fully saturated rings. The largest absolute Gasteiger partial charge is 0.394 e. The van der Waals surface area contributed by atoms with Gasteiger partial charge in [-0.3, -0.25) is 0 Å². The van der Waals surface area contributed by atoms with Gasteiger partial charge >= 0.3 is 0 Å². The van der Waals surface area contributed by atoms with Crippen molar-refractivity contribution in [2.24, 2.45) is 0 Å². The maximum Gasteiger partial charge on any atom is 0.186 e. The Balaban J connectivity index is 1.85. The molecule has 1 aliphatic heterocycles. The van der Waals surface area contributed by atoms with Crippen molar-refractivity contribution in [2.75, 3.05) is 13.2 Å². The van der Waals surface area contributed by atoms with Crippen molar-refractivity contribution in [3.63, 3.8) is 0 Å². The van der Waals surface area contributed by atoms with Gasteiger partial charge in [0.15, 0.2) is 6.29 Å². The summed E-state index contributed by atoms with van der Waals surface area (Å²) in [7, 11) is 0. The van der Waals surface area contributed by atoms with Crippen molar-refractivity contribution in [1.29, 1.82) is 0 Å². The molecule has 1 saturated heterocycles. The van der Waals surface area contributed by atoms with Crippen molar-refractivity contribution in [3.8, 4) is 0 Å². The predicted octanol–water partition coefficient (Wildman–Crippen LogP) is 4.06. The third kappa shape index (κ3) is 12.0. The zero-order valence-electron chi connectivity index (χ0n) is 19.2. The average Bonchev–Trinajstić information content (AvgIpc) is 2.75. The molecule has 0 aromatic heterocycles. The summed E-state index contributed by atoms with van der Waals surface area (Å²) in [6, 6.07) is 0. The van der Waals surface area contributed by atoms with Crippen molar-refractivity contribution < 1.29 is 29.9 Å². The van der Waals surface area contributed by atoms with Crippen LogP contribution in [0.15, 0.2) is 0 Å². The number of hydrogen-bond acceptors (Lipinski definition) is 6. The Kier molecular flexibility index (Phi) is 17.0. The first-order valence-corrected chi connectivity index (χ1v) is 12.5. The summed E-state index contributed by atoms with van der Waals surface area (Å²) in [4.78, 5) is 0. The van der Waals surface area contributed by atoms with E-state index in [-0.39, 0.29) is 0 Å². The molecule has 4 N–H and O–H groups in total. The maximum absolute atomic E-state index is 9.91. The SMILES string of the molecule is CCCCCCCCCCCCCCCCCCOC1OC(CO)C(O)C(O)C1O. The standard InChI is InChI=1S/C24H48O6/c1-2-3-4-5-6-7-8-9-10-11-12-13-14-15-16-17-18-29-24-23(28)22(27)21(26)20(19-25)30-24/h20-28H,2-19H2,1H3. The topological polar surface area (TPSA) is 99.4 Å². The monoisotopic (exact) mass is 432 g/mol. The Morgan fingerprint density at radius 3 is 1.47 bits per heavy atom. The van der Waals surface area contributed by atoms with E-state index in [0.29, 0.717) is 6.61 Å². The van der Waals surface area contributed by atoms with E-state index in [2.05, 4.69) is 6.92 Å². The summed E-state index contributed by atoms with van der Waals surface area (Å²) in [5, 5.41) is 38.6. The molecule has 1 heterocycles. The highest BCUT2D eigenvalue weighted by Gasteiger charge is 2.43. The van der Waals surface area contributed by atoms with Crippen LogP contribution in [0.1, 0.15) is 110 Å². The van der Waals surface area contributed by atoms with Crippen LogP contribution in [-0.2, 0) is 9.47 Å². The highest BCUT2D eigenvalue weighted by Crippen LogP contribution is 2.22. The molecule has 5 unspecified atom stereocenters. The molecule has 0 amide bonds. The van der Waals surface area contributed by atoms with Crippen LogP contribution < -0.4 is 0 Å². The van der Waals surface area contributed by atoms with Gasteiger partial charge in [0.1, 0.15) is 24.4 Å². The van der Waals surface area contributed by atoms with Gasteiger partial charge in [0.2, 0.25) is 0 Å². The van der Waals surface area contributed by atoms with E-state index in [4.69, 9.17) is 9.47 Å². The van der Waals surface area contributed by atoms with Crippen molar-refractivity contribution in [1.82, 2.24) is 0 Å². The van der Waals surface area contributed by atoms with Crippen LogP contribution in [0.25, 0.3) is 0 Å². The molecule has 0 spiro atoms. The normalized spacial score (nSPS) is 26.9. The fraction of sp³-hybridized carbons (Fsp3) is 1.00. The second kappa shape index (κ2) is 18.3. The van der Waals surface area contributed by atoms with E-state index >= 15 is 0 Å². The van der Waals surface area contributed by atoms with Crippen molar-refractivity contribution in [2.45, 2.75) is 140 Å². The molecule has 0 bridgehead atoms. The molecule has 30 heavy (non-hydrogen) atoms. The summed E-state index contributed by atoms with van der Waals surface area (Å²) < 4.78 is 10.8. The summed E-state index contributed by atoms with van der Waals surface area (Å²) in [6.45, 7) is 2.27. The third-order valence-electron chi connectivity index (χ3n) is 6.13. The van der Waals surface area contributed by atoms with E-state index in [1.807, 2.05) is 0 Å². The van der Waals surface area contributed by atoms with Gasteiger partial charge in [0, 0.05) is 6.61 Å². The molecule has 180 valence electrons. The number of aliphatic hydroxyl groups excluding tert-OH is 4. The van der Waals surface area contributed by atoms with Crippen molar-refractivity contribution >= 4 is 0 Å². The Labute approximate surface area is 184 Å². The van der Waals surface area contributed by atoms with Crippen LogP contribution in [0.5, 0.6) is 0 Å². The van der Waals surface area contributed by atoms with E-state index in [0.717, 1.165) is 12.8 Å². The van der Waals surface area contributed by atoms with Crippen LogP contribution in [0.2, 0.25) is 0 Å². The highest BCUT2D eigenvalue weighted by molar-refractivity contribution is 4.88. The van der Waals surface area contributed by atoms with E-state index < -0.39 is 37.3 Å². The molecule has 6 heteroatoms. The first-order valence-electron chi connectivity index (χ1n) is 12.5. The maximum atomic E-state index is 9.91. The molecule has 0 aromatic carbocycles. The van der Waals surface area contributed by atoms with Gasteiger partial charge in [-0.25, -0.2) is 0 Å². The lowest BCUT2D eigenvalue weighted by atomic mass is 9.99. The second-order valence-electron chi connectivity index (χ2n) is 8.87. The minimum absolute atomic E-state index is 0.427. The second-order valence-corrected chi connectivity index (χ2v) is 8.87. The van der Waals surface area contributed by atoms with Gasteiger partial charge in [-0.2, -0.15) is 0 Å². The molecule has 1 aliphatic rings. The minimum atomic E-state index is -1.37. The molecule has 6 nitrogen and oxygen atoms in total.